The van der Waals surface area contributed by atoms with Gasteiger partial charge in [0.15, 0.2) is 0 Å². The Labute approximate surface area is 123 Å². The molecule has 0 spiro atoms. The number of likely N-dealkylation sites (N-methyl/N-ethyl adjacent to an activating group) is 1. The van der Waals surface area contributed by atoms with E-state index in [-0.39, 0.29) is 36.6 Å². The number of amides is 2. The van der Waals surface area contributed by atoms with E-state index in [0.717, 1.165) is 0 Å². The minimum atomic E-state index is -0.371. The van der Waals surface area contributed by atoms with E-state index < -0.39 is 0 Å². The Morgan fingerprint density at radius 3 is 2.30 bits per heavy atom. The molecule has 5 nitrogen and oxygen atoms in total. The minimum Gasteiger partial charge on any atom is -0.355 e. The number of hydrogen-bond acceptors (Lipinski definition) is 3. The van der Waals surface area contributed by atoms with Gasteiger partial charge in [0.25, 0.3) is 5.91 Å². The molecule has 7 heteroatoms. The molecular formula is C13H19ClFN3O2. The van der Waals surface area contributed by atoms with Gasteiger partial charge in [0.1, 0.15) is 5.82 Å². The van der Waals surface area contributed by atoms with E-state index in [2.05, 4.69) is 16.0 Å². The fourth-order valence-corrected chi connectivity index (χ4v) is 1.44. The number of rotatable bonds is 7. The molecule has 0 saturated heterocycles. The number of benzene rings is 1. The first-order valence-electron chi connectivity index (χ1n) is 6.08. The summed E-state index contributed by atoms with van der Waals surface area (Å²) in [4.78, 5) is 22.7. The van der Waals surface area contributed by atoms with Gasteiger partial charge in [-0.25, -0.2) is 4.39 Å². The summed E-state index contributed by atoms with van der Waals surface area (Å²) in [5.41, 5.74) is 0.417. The lowest BCUT2D eigenvalue weighted by atomic mass is 10.2. The summed E-state index contributed by atoms with van der Waals surface area (Å²) < 4.78 is 12.7. The van der Waals surface area contributed by atoms with E-state index >= 15 is 0 Å². The van der Waals surface area contributed by atoms with Crippen LogP contribution in [0.5, 0.6) is 0 Å². The van der Waals surface area contributed by atoms with Crippen molar-refractivity contribution < 1.29 is 14.0 Å². The first kappa shape index (κ1) is 18.3. The number of halogens is 2. The van der Waals surface area contributed by atoms with Crippen LogP contribution >= 0.6 is 12.4 Å². The van der Waals surface area contributed by atoms with Gasteiger partial charge >= 0.3 is 0 Å². The second-order valence-corrected chi connectivity index (χ2v) is 4.00. The zero-order chi connectivity index (χ0) is 14.1. The Morgan fingerprint density at radius 1 is 1.10 bits per heavy atom. The van der Waals surface area contributed by atoms with Crippen LogP contribution in [-0.2, 0) is 4.79 Å². The van der Waals surface area contributed by atoms with Crippen molar-refractivity contribution in [2.24, 2.45) is 0 Å². The van der Waals surface area contributed by atoms with Gasteiger partial charge in [-0.05, 0) is 37.7 Å². The Balaban J connectivity index is 0.00000361. The zero-order valence-electron chi connectivity index (χ0n) is 11.2. The Morgan fingerprint density at radius 2 is 1.70 bits per heavy atom. The van der Waals surface area contributed by atoms with Crippen LogP contribution in [0.2, 0.25) is 0 Å². The van der Waals surface area contributed by atoms with Gasteiger partial charge in [0.05, 0.1) is 6.54 Å². The van der Waals surface area contributed by atoms with Gasteiger partial charge in [0.2, 0.25) is 5.91 Å². The summed E-state index contributed by atoms with van der Waals surface area (Å²) in [6, 6.07) is 5.35. The normalized spacial score (nSPS) is 9.50. The number of hydrogen-bond donors (Lipinski definition) is 3. The third-order valence-electron chi connectivity index (χ3n) is 2.41. The van der Waals surface area contributed by atoms with Gasteiger partial charge in [0, 0.05) is 18.7 Å². The quantitative estimate of drug-likeness (QED) is 0.650. The standard InChI is InChI=1S/C13H18FN3O2.ClH/c1-15-9-12(18)16-7-2-8-17-13(19)10-3-5-11(14)6-4-10;/h3-6,15H,2,7-9H2,1H3,(H,16,18)(H,17,19);1H. The first-order valence-corrected chi connectivity index (χ1v) is 6.08. The van der Waals surface area contributed by atoms with Crippen LogP contribution in [0.15, 0.2) is 24.3 Å². The SMILES string of the molecule is CNCC(=O)NCCCNC(=O)c1ccc(F)cc1.Cl. The Kier molecular flexibility index (Phi) is 9.32. The molecule has 2 amide bonds. The summed E-state index contributed by atoms with van der Waals surface area (Å²) in [6.07, 6.45) is 0.641. The summed E-state index contributed by atoms with van der Waals surface area (Å²) in [7, 11) is 1.70. The van der Waals surface area contributed by atoms with Gasteiger partial charge < -0.3 is 16.0 Å². The summed E-state index contributed by atoms with van der Waals surface area (Å²) in [6.45, 7) is 1.24. The van der Waals surface area contributed by atoms with Gasteiger partial charge in [-0.2, -0.15) is 0 Å². The van der Waals surface area contributed by atoms with E-state index in [0.29, 0.717) is 25.1 Å². The van der Waals surface area contributed by atoms with E-state index in [9.17, 15) is 14.0 Å². The highest BCUT2D eigenvalue weighted by Crippen LogP contribution is 2.02. The Bertz CT molecular complexity index is 426. The summed E-state index contributed by atoms with van der Waals surface area (Å²) in [5.74, 6) is -0.697. The molecule has 0 fully saturated rings. The second kappa shape index (κ2) is 10.2. The molecule has 0 radical (unpaired) electrons. The number of carbonyl (C=O) groups excluding carboxylic acids is 2. The van der Waals surface area contributed by atoms with E-state index in [1.165, 1.54) is 24.3 Å². The monoisotopic (exact) mass is 303 g/mol. The second-order valence-electron chi connectivity index (χ2n) is 4.00. The van der Waals surface area contributed by atoms with E-state index in [1.54, 1.807) is 7.05 Å². The fourth-order valence-electron chi connectivity index (χ4n) is 1.44. The molecule has 20 heavy (non-hydrogen) atoms. The van der Waals surface area contributed by atoms with Crippen molar-refractivity contribution in [3.05, 3.63) is 35.6 Å². The van der Waals surface area contributed by atoms with Crippen molar-refractivity contribution in [3.8, 4) is 0 Å². The highest BCUT2D eigenvalue weighted by atomic mass is 35.5. The van der Waals surface area contributed by atoms with Crippen LogP contribution in [0.3, 0.4) is 0 Å². The van der Waals surface area contributed by atoms with Crippen molar-refractivity contribution in [1.82, 2.24) is 16.0 Å². The molecule has 0 atom stereocenters. The first-order chi connectivity index (χ1) is 9.13. The predicted octanol–water partition coefficient (Wildman–Crippen LogP) is 0.703. The van der Waals surface area contributed by atoms with Crippen LogP contribution < -0.4 is 16.0 Å². The van der Waals surface area contributed by atoms with E-state index in [1.807, 2.05) is 0 Å². The van der Waals surface area contributed by atoms with Crippen LogP contribution in [0.25, 0.3) is 0 Å². The molecule has 1 aromatic rings. The molecule has 0 heterocycles. The van der Waals surface area contributed by atoms with E-state index in [4.69, 9.17) is 0 Å². The topological polar surface area (TPSA) is 70.2 Å². The smallest absolute Gasteiger partial charge is 0.251 e. The van der Waals surface area contributed by atoms with Crippen molar-refractivity contribution in [3.63, 3.8) is 0 Å². The third kappa shape index (κ3) is 7.06. The third-order valence-corrected chi connectivity index (χ3v) is 2.41. The number of carbonyl (C=O) groups is 2. The van der Waals surface area contributed by atoms with Crippen molar-refractivity contribution >= 4 is 24.2 Å². The zero-order valence-corrected chi connectivity index (χ0v) is 12.1. The molecule has 0 aliphatic rings. The highest BCUT2D eigenvalue weighted by Gasteiger charge is 2.04. The van der Waals surface area contributed by atoms with Gasteiger partial charge in [-0.15, -0.1) is 12.4 Å². The average molecular weight is 304 g/mol. The largest absolute Gasteiger partial charge is 0.355 e. The predicted molar refractivity (Wildman–Crippen MR) is 77.5 cm³/mol. The van der Waals surface area contributed by atoms with Crippen LogP contribution in [0.4, 0.5) is 4.39 Å². The maximum Gasteiger partial charge on any atom is 0.251 e. The molecule has 0 unspecified atom stereocenters. The van der Waals surface area contributed by atoms with Gasteiger partial charge in [-0.3, -0.25) is 9.59 Å². The molecule has 3 N–H and O–H groups in total. The maximum atomic E-state index is 12.7. The molecule has 0 aromatic heterocycles. The Hall–Kier alpha value is -1.66. The maximum absolute atomic E-state index is 12.7. The van der Waals surface area contributed by atoms with Crippen LogP contribution in [0.1, 0.15) is 16.8 Å². The molecule has 0 aliphatic heterocycles. The molecule has 0 saturated carbocycles. The van der Waals surface area contributed by atoms with Crippen molar-refractivity contribution in [2.75, 3.05) is 26.7 Å². The lowest BCUT2D eigenvalue weighted by molar-refractivity contribution is -0.120. The molecule has 1 rings (SSSR count). The van der Waals surface area contributed by atoms with Crippen molar-refractivity contribution in [1.29, 1.82) is 0 Å². The lowest BCUT2D eigenvalue weighted by Crippen LogP contribution is -2.34. The van der Waals surface area contributed by atoms with Gasteiger partial charge in [-0.1, -0.05) is 0 Å². The molecular weight excluding hydrogens is 285 g/mol. The van der Waals surface area contributed by atoms with Crippen LogP contribution in [-0.4, -0.2) is 38.5 Å². The molecule has 112 valence electrons. The molecule has 1 aromatic carbocycles. The van der Waals surface area contributed by atoms with Crippen LogP contribution in [0, 0.1) is 5.82 Å². The fraction of sp³-hybridized carbons (Fsp3) is 0.385. The highest BCUT2D eigenvalue weighted by molar-refractivity contribution is 5.94. The number of nitrogens with one attached hydrogen (secondary N) is 3. The van der Waals surface area contributed by atoms with Crippen molar-refractivity contribution in [2.45, 2.75) is 6.42 Å². The minimum absolute atomic E-state index is 0. The summed E-state index contributed by atoms with van der Waals surface area (Å²) >= 11 is 0. The lowest BCUT2D eigenvalue weighted by Gasteiger charge is -2.06. The average Bonchev–Trinajstić information content (AvgIpc) is 2.39. The summed E-state index contributed by atoms with van der Waals surface area (Å²) in [5, 5.41) is 8.14. The molecule has 0 bridgehead atoms. The molecule has 0 aliphatic carbocycles.